The Labute approximate surface area is 223 Å². The molecule has 2 heterocycles. The minimum atomic E-state index is -4.66. The van der Waals surface area contributed by atoms with E-state index in [4.69, 9.17) is 15.9 Å². The van der Waals surface area contributed by atoms with Crippen molar-refractivity contribution in [2.24, 2.45) is 0 Å². The van der Waals surface area contributed by atoms with Crippen LogP contribution in [0, 0.1) is 17.5 Å². The van der Waals surface area contributed by atoms with E-state index < -0.39 is 46.3 Å². The van der Waals surface area contributed by atoms with Crippen LogP contribution in [0.15, 0.2) is 36.4 Å². The van der Waals surface area contributed by atoms with Gasteiger partial charge in [0, 0.05) is 75.8 Å². The Bertz CT molecular complexity index is 1060. The quantitative estimate of drug-likeness (QED) is 0.115. The standard InChI is InChI=1S/C10H9F3N2O3.C10H11F3N2O.CH4.CH3.Pd/c11-10(12,13)8-3-6(15(17)18)1-2-9(8)14-4-7(16)5-14;11-10(12,13)8-3-6(14)1-2-9(8)15-4-7(16)5-15;;;/h1-3,7,16H,4-5H2;1-3,7,16H,4-5,14H2;1H4;1H3;/q;;;-1;. The number of β-amino-alcohol motifs (C(OH)–C–C–N with tert-alkyl or cyclic N) is 2. The molecule has 0 aliphatic carbocycles. The summed E-state index contributed by atoms with van der Waals surface area (Å²) in [4.78, 5) is 12.4. The Morgan fingerprint density at radius 3 is 1.57 bits per heavy atom. The molecular weight excluding hydrogens is 605 g/mol. The zero-order valence-electron chi connectivity index (χ0n) is 18.7. The maximum absolute atomic E-state index is 12.8. The molecule has 2 fully saturated rings. The van der Waals surface area contributed by atoms with Crippen molar-refractivity contribution in [2.75, 3.05) is 41.7 Å². The van der Waals surface area contributed by atoms with Gasteiger partial charge in [-0.3, -0.25) is 10.1 Å². The summed E-state index contributed by atoms with van der Waals surface area (Å²) in [6.45, 7) is 0.655. The minimum absolute atomic E-state index is 0. The molecule has 0 radical (unpaired) electrons. The Hall–Kier alpha value is -2.60. The van der Waals surface area contributed by atoms with E-state index in [-0.39, 0.29) is 78.5 Å². The Morgan fingerprint density at radius 1 is 0.838 bits per heavy atom. The zero-order valence-corrected chi connectivity index (χ0v) is 20.2. The van der Waals surface area contributed by atoms with Gasteiger partial charge in [-0.15, -0.1) is 0 Å². The fraction of sp³-hybridized carbons (Fsp3) is 0.409. The molecule has 0 amide bonds. The molecule has 2 aromatic rings. The van der Waals surface area contributed by atoms with Gasteiger partial charge >= 0.3 is 12.4 Å². The van der Waals surface area contributed by atoms with E-state index in [1.54, 1.807) is 0 Å². The zero-order chi connectivity index (χ0) is 25.4. The largest absolute Gasteiger partial charge is 0.418 e. The molecule has 0 atom stereocenters. The van der Waals surface area contributed by atoms with E-state index in [1.165, 1.54) is 21.9 Å². The number of nitrogens with two attached hydrogens (primary N) is 1. The smallest absolute Gasteiger partial charge is 0.399 e. The molecule has 15 heteroatoms. The summed E-state index contributed by atoms with van der Waals surface area (Å²) in [7, 11) is 0. The molecule has 2 aromatic carbocycles. The Kier molecular flexibility index (Phi) is 11.9. The summed E-state index contributed by atoms with van der Waals surface area (Å²) in [5.74, 6) is 0. The van der Waals surface area contributed by atoms with Crippen LogP contribution in [0.5, 0.6) is 0 Å². The van der Waals surface area contributed by atoms with Crippen molar-refractivity contribution in [1.82, 2.24) is 0 Å². The van der Waals surface area contributed by atoms with Gasteiger partial charge < -0.3 is 33.2 Å². The van der Waals surface area contributed by atoms with E-state index in [1.807, 2.05) is 0 Å². The molecule has 4 rings (SSSR count). The van der Waals surface area contributed by atoms with Gasteiger partial charge in [-0.1, -0.05) is 7.43 Å². The van der Waals surface area contributed by atoms with Crippen LogP contribution < -0.4 is 15.5 Å². The first-order valence-corrected chi connectivity index (χ1v) is 9.85. The van der Waals surface area contributed by atoms with Gasteiger partial charge in [0.1, 0.15) is 0 Å². The van der Waals surface area contributed by atoms with Crippen molar-refractivity contribution in [3.05, 3.63) is 65.1 Å². The summed E-state index contributed by atoms with van der Waals surface area (Å²) in [6.07, 6.45) is -10.3. The number of nitro groups is 1. The van der Waals surface area contributed by atoms with Gasteiger partial charge in [0.25, 0.3) is 5.69 Å². The first-order chi connectivity index (χ1) is 15.7. The predicted molar refractivity (Wildman–Crippen MR) is 124 cm³/mol. The molecule has 2 saturated heterocycles. The summed E-state index contributed by atoms with van der Waals surface area (Å²) in [5.41, 5.74) is 2.95. The Balaban J connectivity index is 0.000000651. The number of alkyl halides is 6. The van der Waals surface area contributed by atoms with Crippen LogP contribution in [0.25, 0.3) is 0 Å². The Morgan fingerprint density at radius 2 is 1.22 bits per heavy atom. The summed E-state index contributed by atoms with van der Waals surface area (Å²) in [6, 6.07) is 6.28. The topological polar surface area (TPSA) is 116 Å². The summed E-state index contributed by atoms with van der Waals surface area (Å²) >= 11 is 0. The first kappa shape index (κ1) is 34.4. The molecule has 2 aliphatic heterocycles. The van der Waals surface area contributed by atoms with E-state index in [0.717, 1.165) is 18.2 Å². The number of hydrogen-bond donors (Lipinski definition) is 3. The molecule has 0 aromatic heterocycles. The van der Waals surface area contributed by atoms with E-state index in [2.05, 4.69) is 0 Å². The molecule has 8 nitrogen and oxygen atoms in total. The number of nitro benzene ring substituents is 1. The van der Waals surface area contributed by atoms with Crippen LogP contribution >= 0.6 is 0 Å². The number of benzene rings is 2. The molecule has 212 valence electrons. The van der Waals surface area contributed by atoms with Gasteiger partial charge in [0.05, 0.1) is 28.3 Å². The van der Waals surface area contributed by atoms with Crippen molar-refractivity contribution < 1.29 is 61.9 Å². The van der Waals surface area contributed by atoms with Crippen LogP contribution in [-0.4, -0.2) is 53.5 Å². The maximum atomic E-state index is 12.8. The number of nitrogens with zero attached hydrogens (tertiary/aromatic N) is 3. The normalized spacial score (nSPS) is 15.6. The van der Waals surface area contributed by atoms with Crippen molar-refractivity contribution in [3.63, 3.8) is 0 Å². The van der Waals surface area contributed by atoms with Crippen LogP contribution in [0.4, 0.5) is 49.1 Å². The van der Waals surface area contributed by atoms with Crippen molar-refractivity contribution in [1.29, 1.82) is 0 Å². The number of non-ortho nitro benzene ring substituents is 1. The molecule has 0 spiro atoms. The number of halogens is 6. The third-order valence-electron chi connectivity index (χ3n) is 5.23. The van der Waals surface area contributed by atoms with E-state index in [9.17, 15) is 36.5 Å². The molecule has 4 N–H and O–H groups in total. The number of aliphatic hydroxyl groups excluding tert-OH is 2. The molecular formula is C22H27F6N4O4Pd-. The molecule has 0 bridgehead atoms. The second-order valence-corrected chi connectivity index (χ2v) is 7.85. The summed E-state index contributed by atoms with van der Waals surface area (Å²) < 4.78 is 76.5. The van der Waals surface area contributed by atoms with Crippen LogP contribution in [0.2, 0.25) is 0 Å². The van der Waals surface area contributed by atoms with Crippen LogP contribution in [0.1, 0.15) is 18.6 Å². The molecule has 0 saturated carbocycles. The number of rotatable bonds is 3. The van der Waals surface area contributed by atoms with Crippen molar-refractivity contribution in [3.8, 4) is 0 Å². The minimum Gasteiger partial charge on any atom is -0.399 e. The molecule has 37 heavy (non-hydrogen) atoms. The van der Waals surface area contributed by atoms with Crippen LogP contribution in [0.3, 0.4) is 0 Å². The van der Waals surface area contributed by atoms with Gasteiger partial charge in [-0.05, 0) is 24.3 Å². The van der Waals surface area contributed by atoms with Gasteiger partial charge in [-0.25, -0.2) is 0 Å². The first-order valence-electron chi connectivity index (χ1n) is 9.85. The number of anilines is 3. The average Bonchev–Trinajstić information content (AvgIpc) is 2.68. The molecule has 0 unspecified atom stereocenters. The second kappa shape index (κ2) is 12.8. The third-order valence-corrected chi connectivity index (χ3v) is 5.23. The SMILES string of the molecule is C.Nc1ccc(N2CC(O)C2)c(C(F)(F)F)c1.O=[N+]([O-])c1ccc(N2CC(O)C2)c(C(F)(F)F)c1.[CH3-].[Pd]. The number of aliphatic hydroxyl groups is 2. The van der Waals surface area contributed by atoms with E-state index in [0.29, 0.717) is 6.07 Å². The molecule has 2 aliphatic rings. The van der Waals surface area contributed by atoms with Crippen LogP contribution in [-0.2, 0) is 32.8 Å². The van der Waals surface area contributed by atoms with E-state index >= 15 is 0 Å². The van der Waals surface area contributed by atoms with Crippen molar-refractivity contribution in [2.45, 2.75) is 32.0 Å². The number of hydrogen-bond acceptors (Lipinski definition) is 7. The predicted octanol–water partition coefficient (Wildman–Crippen LogP) is 4.35. The fourth-order valence-electron chi connectivity index (χ4n) is 3.50. The summed E-state index contributed by atoms with van der Waals surface area (Å²) in [5, 5.41) is 28.6. The monoisotopic (exact) mass is 631 g/mol. The number of nitrogen functional groups attached to an aromatic ring is 1. The fourth-order valence-corrected chi connectivity index (χ4v) is 3.50. The van der Waals surface area contributed by atoms with Crippen molar-refractivity contribution >= 4 is 22.7 Å². The third kappa shape index (κ3) is 8.19. The average molecular weight is 632 g/mol. The van der Waals surface area contributed by atoms with Gasteiger partial charge in [-0.2, -0.15) is 26.3 Å². The van der Waals surface area contributed by atoms with Gasteiger partial charge in [0.15, 0.2) is 0 Å². The maximum Gasteiger partial charge on any atom is 0.418 e. The van der Waals surface area contributed by atoms with Gasteiger partial charge in [0.2, 0.25) is 0 Å². The second-order valence-electron chi connectivity index (χ2n) is 7.85.